The second-order valence-electron chi connectivity index (χ2n) is 5.59. The van der Waals surface area contributed by atoms with Crippen LogP contribution in [0.2, 0.25) is 0 Å². The van der Waals surface area contributed by atoms with E-state index in [1.165, 1.54) is 0 Å². The Balaban J connectivity index is 2.49. The molecule has 1 aromatic carbocycles. The summed E-state index contributed by atoms with van der Waals surface area (Å²) in [5, 5.41) is 0. The first-order chi connectivity index (χ1) is 8.01. The number of imidazole rings is 1. The van der Waals surface area contributed by atoms with Gasteiger partial charge in [-0.25, -0.2) is 9.37 Å². The maximum absolute atomic E-state index is 12.6. The Morgan fingerprint density at radius 2 is 1.94 bits per heavy atom. The minimum Gasteiger partial charge on any atom is -0.325 e. The van der Waals surface area contributed by atoms with Gasteiger partial charge in [-0.3, -0.25) is 0 Å². The zero-order valence-electron chi connectivity index (χ0n) is 10.7. The Hall–Kier alpha value is -1.38. The number of hydrogen-bond donors (Lipinski definition) is 0. The molecule has 0 unspecified atom stereocenters. The van der Waals surface area contributed by atoms with Crippen LogP contribution >= 0.6 is 0 Å². The molecule has 0 aliphatic heterocycles. The number of alkyl halides is 1. The van der Waals surface area contributed by atoms with E-state index in [0.717, 1.165) is 23.3 Å². The molecule has 92 valence electrons. The fourth-order valence-electron chi connectivity index (χ4n) is 2.07. The third kappa shape index (κ3) is 2.65. The number of nitrogens with zero attached hydrogens (tertiary/aromatic N) is 2. The molecule has 1 aromatic heterocycles. The van der Waals surface area contributed by atoms with Gasteiger partial charge in [-0.05, 0) is 17.5 Å². The van der Waals surface area contributed by atoms with E-state index in [2.05, 4.69) is 25.8 Å². The third-order valence-electron chi connectivity index (χ3n) is 2.73. The molecule has 0 amide bonds. The second kappa shape index (κ2) is 4.47. The molecule has 0 N–H and O–H groups in total. The van der Waals surface area contributed by atoms with Crippen LogP contribution in [0.1, 0.15) is 26.6 Å². The lowest BCUT2D eigenvalue weighted by atomic mass is 9.92. The van der Waals surface area contributed by atoms with E-state index in [1.54, 1.807) is 0 Å². The van der Waals surface area contributed by atoms with Gasteiger partial charge >= 0.3 is 0 Å². The predicted octanol–water partition coefficient (Wildman–Crippen LogP) is 3.59. The van der Waals surface area contributed by atoms with Gasteiger partial charge in [0.15, 0.2) is 0 Å². The maximum atomic E-state index is 12.6. The normalized spacial score (nSPS) is 12.2. The number of aromatic nitrogens is 2. The highest BCUT2D eigenvalue weighted by atomic mass is 19.1. The summed E-state index contributed by atoms with van der Waals surface area (Å²) in [5.41, 5.74) is 2.15. The lowest BCUT2D eigenvalue weighted by molar-refractivity contribution is 0.382. The second-order valence-corrected chi connectivity index (χ2v) is 5.59. The summed E-state index contributed by atoms with van der Waals surface area (Å²) in [5.74, 6) is 0.983. The average Bonchev–Trinajstić information content (AvgIpc) is 2.55. The van der Waals surface area contributed by atoms with Crippen molar-refractivity contribution in [3.63, 3.8) is 0 Å². The largest absolute Gasteiger partial charge is 0.325 e. The van der Waals surface area contributed by atoms with Gasteiger partial charge in [0.1, 0.15) is 12.5 Å². The molecule has 0 saturated carbocycles. The van der Waals surface area contributed by atoms with Gasteiger partial charge in [-0.15, -0.1) is 0 Å². The smallest absolute Gasteiger partial charge is 0.110 e. The van der Waals surface area contributed by atoms with Crippen molar-refractivity contribution in [2.75, 3.05) is 6.67 Å². The SMILES string of the molecule is CC(C)(C)Cc1nc2ccccc2n1CCF. The summed E-state index contributed by atoms with van der Waals surface area (Å²) < 4.78 is 14.6. The van der Waals surface area contributed by atoms with Gasteiger partial charge in [0.05, 0.1) is 17.6 Å². The highest BCUT2D eigenvalue weighted by Crippen LogP contribution is 2.23. The molecule has 0 bridgehead atoms. The summed E-state index contributed by atoms with van der Waals surface area (Å²) in [4.78, 5) is 4.61. The van der Waals surface area contributed by atoms with E-state index in [4.69, 9.17) is 0 Å². The van der Waals surface area contributed by atoms with Crippen LogP contribution in [-0.4, -0.2) is 16.2 Å². The van der Waals surface area contributed by atoms with Crippen molar-refractivity contribution in [2.24, 2.45) is 5.41 Å². The van der Waals surface area contributed by atoms with Crippen molar-refractivity contribution in [2.45, 2.75) is 33.7 Å². The number of aryl methyl sites for hydroxylation is 1. The number of fused-ring (bicyclic) bond motifs is 1. The van der Waals surface area contributed by atoms with Crippen LogP contribution in [0.3, 0.4) is 0 Å². The molecule has 17 heavy (non-hydrogen) atoms. The Morgan fingerprint density at radius 3 is 2.59 bits per heavy atom. The molecule has 0 atom stereocenters. The number of hydrogen-bond acceptors (Lipinski definition) is 1. The van der Waals surface area contributed by atoms with Crippen molar-refractivity contribution < 1.29 is 4.39 Å². The topological polar surface area (TPSA) is 17.8 Å². The first-order valence-corrected chi connectivity index (χ1v) is 6.01. The lowest BCUT2D eigenvalue weighted by Gasteiger charge is -2.18. The Kier molecular flexibility index (Phi) is 3.18. The van der Waals surface area contributed by atoms with E-state index >= 15 is 0 Å². The van der Waals surface area contributed by atoms with Crippen LogP contribution in [0.15, 0.2) is 24.3 Å². The minimum absolute atomic E-state index is 0.162. The summed E-state index contributed by atoms with van der Waals surface area (Å²) in [6.07, 6.45) is 0.863. The number of para-hydroxylation sites is 2. The van der Waals surface area contributed by atoms with Crippen molar-refractivity contribution in [1.82, 2.24) is 9.55 Å². The Morgan fingerprint density at radius 1 is 1.24 bits per heavy atom. The Bertz CT molecular complexity index is 508. The van der Waals surface area contributed by atoms with E-state index < -0.39 is 0 Å². The molecule has 0 saturated heterocycles. The molecular formula is C14H19FN2. The molecule has 0 fully saturated rings. The van der Waals surface area contributed by atoms with E-state index in [-0.39, 0.29) is 12.1 Å². The maximum Gasteiger partial charge on any atom is 0.110 e. The van der Waals surface area contributed by atoms with E-state index in [1.807, 2.05) is 28.8 Å². The van der Waals surface area contributed by atoms with Crippen molar-refractivity contribution >= 4 is 11.0 Å². The molecule has 2 nitrogen and oxygen atoms in total. The first-order valence-electron chi connectivity index (χ1n) is 6.01. The third-order valence-corrected chi connectivity index (χ3v) is 2.73. The van der Waals surface area contributed by atoms with E-state index in [9.17, 15) is 4.39 Å². The highest BCUT2D eigenvalue weighted by molar-refractivity contribution is 5.75. The standard InChI is InChI=1S/C14H19FN2/c1-14(2,3)10-13-16-11-6-4-5-7-12(11)17(13)9-8-15/h4-7H,8-10H2,1-3H3. The highest BCUT2D eigenvalue weighted by Gasteiger charge is 2.17. The van der Waals surface area contributed by atoms with Crippen LogP contribution in [-0.2, 0) is 13.0 Å². The lowest BCUT2D eigenvalue weighted by Crippen LogP contribution is -2.15. The van der Waals surface area contributed by atoms with Crippen LogP contribution in [0.25, 0.3) is 11.0 Å². The molecular weight excluding hydrogens is 215 g/mol. The minimum atomic E-state index is -0.350. The van der Waals surface area contributed by atoms with Gasteiger partial charge in [-0.2, -0.15) is 0 Å². The van der Waals surface area contributed by atoms with Crippen LogP contribution in [0, 0.1) is 5.41 Å². The zero-order chi connectivity index (χ0) is 12.5. The predicted molar refractivity (Wildman–Crippen MR) is 68.9 cm³/mol. The van der Waals surface area contributed by atoms with Gasteiger partial charge in [0.25, 0.3) is 0 Å². The van der Waals surface area contributed by atoms with Gasteiger partial charge in [0, 0.05) is 6.42 Å². The summed E-state index contributed by atoms with van der Waals surface area (Å²) in [7, 11) is 0. The summed E-state index contributed by atoms with van der Waals surface area (Å²) in [6, 6.07) is 7.93. The average molecular weight is 234 g/mol. The molecule has 0 spiro atoms. The molecule has 0 aliphatic carbocycles. The van der Waals surface area contributed by atoms with Gasteiger partial charge in [0.2, 0.25) is 0 Å². The quantitative estimate of drug-likeness (QED) is 0.793. The van der Waals surface area contributed by atoms with Crippen molar-refractivity contribution in [3.05, 3.63) is 30.1 Å². The molecule has 3 heteroatoms. The molecule has 0 aliphatic rings. The molecule has 1 heterocycles. The molecule has 2 rings (SSSR count). The van der Waals surface area contributed by atoms with E-state index in [0.29, 0.717) is 6.54 Å². The summed E-state index contributed by atoms with van der Waals surface area (Å²) in [6.45, 7) is 6.56. The van der Waals surface area contributed by atoms with Crippen LogP contribution in [0.5, 0.6) is 0 Å². The number of halogens is 1. The van der Waals surface area contributed by atoms with Crippen molar-refractivity contribution in [3.8, 4) is 0 Å². The van der Waals surface area contributed by atoms with Crippen LogP contribution in [0.4, 0.5) is 4.39 Å². The Labute approximate surface area is 101 Å². The van der Waals surface area contributed by atoms with Gasteiger partial charge < -0.3 is 4.57 Å². The van der Waals surface area contributed by atoms with Crippen molar-refractivity contribution in [1.29, 1.82) is 0 Å². The first kappa shape index (κ1) is 12.1. The summed E-state index contributed by atoms with van der Waals surface area (Å²) >= 11 is 0. The fraction of sp³-hybridized carbons (Fsp3) is 0.500. The zero-order valence-corrected chi connectivity index (χ0v) is 10.7. The van der Waals surface area contributed by atoms with Crippen LogP contribution < -0.4 is 0 Å². The number of benzene rings is 1. The fourth-order valence-corrected chi connectivity index (χ4v) is 2.07. The van der Waals surface area contributed by atoms with Gasteiger partial charge in [-0.1, -0.05) is 32.9 Å². The molecule has 0 radical (unpaired) electrons. The molecule has 2 aromatic rings. The number of rotatable bonds is 3. The monoisotopic (exact) mass is 234 g/mol.